The number of hydrogen-bond acceptors (Lipinski definition) is 3. The number of ether oxygens (including phenoxy) is 1. The summed E-state index contributed by atoms with van der Waals surface area (Å²) in [7, 11) is 1.59. The standard InChI is InChI=1S/C16H18N2O2/c1-11(12-6-4-3-5-7-12)20-15-10-13(17)8-9-14(15)16(19)18-2/h3-11H,17H2,1-2H3,(H,18,19). The van der Waals surface area contributed by atoms with Crippen LogP contribution in [0, 0.1) is 0 Å². The van der Waals surface area contributed by atoms with Crippen molar-refractivity contribution in [2.75, 3.05) is 12.8 Å². The van der Waals surface area contributed by atoms with Crippen LogP contribution in [0.3, 0.4) is 0 Å². The quantitative estimate of drug-likeness (QED) is 0.840. The number of carbonyl (C=O) groups excluding carboxylic acids is 1. The van der Waals surface area contributed by atoms with E-state index in [1.54, 1.807) is 25.2 Å². The van der Waals surface area contributed by atoms with Gasteiger partial charge in [0.1, 0.15) is 11.9 Å². The number of rotatable bonds is 4. The number of hydrogen-bond donors (Lipinski definition) is 2. The first kappa shape index (κ1) is 13.9. The minimum atomic E-state index is -0.194. The molecule has 0 fully saturated rings. The summed E-state index contributed by atoms with van der Waals surface area (Å²) in [5.74, 6) is 0.293. The summed E-state index contributed by atoms with van der Waals surface area (Å²) in [5, 5.41) is 2.59. The molecule has 0 saturated heterocycles. The minimum absolute atomic E-state index is 0.165. The highest BCUT2D eigenvalue weighted by Crippen LogP contribution is 2.27. The molecular formula is C16H18N2O2. The van der Waals surface area contributed by atoms with E-state index in [4.69, 9.17) is 10.5 Å². The van der Waals surface area contributed by atoms with Crippen molar-refractivity contribution in [3.05, 3.63) is 59.7 Å². The molecule has 0 aromatic heterocycles. The van der Waals surface area contributed by atoms with Crippen molar-refractivity contribution in [2.45, 2.75) is 13.0 Å². The molecule has 20 heavy (non-hydrogen) atoms. The van der Waals surface area contributed by atoms with Crippen molar-refractivity contribution in [1.82, 2.24) is 5.32 Å². The van der Waals surface area contributed by atoms with E-state index in [9.17, 15) is 4.79 Å². The summed E-state index contributed by atoms with van der Waals surface area (Å²) in [4.78, 5) is 11.8. The summed E-state index contributed by atoms with van der Waals surface area (Å²) in [6.07, 6.45) is -0.165. The molecule has 0 radical (unpaired) electrons. The van der Waals surface area contributed by atoms with Gasteiger partial charge in [-0.25, -0.2) is 0 Å². The number of carbonyl (C=O) groups is 1. The van der Waals surface area contributed by atoms with Gasteiger partial charge in [-0.15, -0.1) is 0 Å². The molecule has 104 valence electrons. The van der Waals surface area contributed by atoms with E-state index in [0.29, 0.717) is 17.0 Å². The lowest BCUT2D eigenvalue weighted by Crippen LogP contribution is -2.19. The highest BCUT2D eigenvalue weighted by molar-refractivity contribution is 5.97. The van der Waals surface area contributed by atoms with Crippen LogP contribution in [0.4, 0.5) is 5.69 Å². The Kier molecular flexibility index (Phi) is 4.25. The summed E-state index contributed by atoms with van der Waals surface area (Å²) in [6.45, 7) is 1.94. The molecule has 0 bridgehead atoms. The molecule has 0 saturated carbocycles. The van der Waals surface area contributed by atoms with Crippen LogP contribution < -0.4 is 15.8 Å². The monoisotopic (exact) mass is 270 g/mol. The molecule has 4 nitrogen and oxygen atoms in total. The first-order valence-electron chi connectivity index (χ1n) is 6.45. The van der Waals surface area contributed by atoms with Gasteiger partial charge >= 0.3 is 0 Å². The smallest absolute Gasteiger partial charge is 0.254 e. The molecule has 2 rings (SSSR count). The number of nitrogens with two attached hydrogens (primary N) is 1. The first-order chi connectivity index (χ1) is 9.61. The highest BCUT2D eigenvalue weighted by atomic mass is 16.5. The number of nitrogen functional groups attached to an aromatic ring is 1. The average molecular weight is 270 g/mol. The number of benzene rings is 2. The minimum Gasteiger partial charge on any atom is -0.485 e. The summed E-state index contributed by atoms with van der Waals surface area (Å²) in [5.41, 5.74) is 7.85. The van der Waals surface area contributed by atoms with Crippen LogP contribution in [0.15, 0.2) is 48.5 Å². The predicted octanol–water partition coefficient (Wildman–Crippen LogP) is 2.77. The van der Waals surface area contributed by atoms with E-state index in [-0.39, 0.29) is 12.0 Å². The zero-order valence-electron chi connectivity index (χ0n) is 11.6. The van der Waals surface area contributed by atoms with Gasteiger partial charge in [-0.2, -0.15) is 0 Å². The third kappa shape index (κ3) is 3.09. The second kappa shape index (κ2) is 6.10. The van der Waals surface area contributed by atoms with Crippen molar-refractivity contribution in [3.8, 4) is 5.75 Å². The van der Waals surface area contributed by atoms with Crippen LogP contribution in [-0.2, 0) is 0 Å². The SMILES string of the molecule is CNC(=O)c1ccc(N)cc1OC(C)c1ccccc1. The molecule has 0 aliphatic rings. The third-order valence-corrected chi connectivity index (χ3v) is 3.05. The highest BCUT2D eigenvalue weighted by Gasteiger charge is 2.15. The van der Waals surface area contributed by atoms with E-state index in [1.165, 1.54) is 0 Å². The Balaban J connectivity index is 2.28. The topological polar surface area (TPSA) is 64.4 Å². The fourth-order valence-corrected chi connectivity index (χ4v) is 1.94. The van der Waals surface area contributed by atoms with Gasteiger partial charge in [-0.3, -0.25) is 4.79 Å². The van der Waals surface area contributed by atoms with Gasteiger partial charge in [0.25, 0.3) is 5.91 Å². The molecule has 0 aliphatic carbocycles. The molecule has 4 heteroatoms. The van der Waals surface area contributed by atoms with Crippen LogP contribution >= 0.6 is 0 Å². The van der Waals surface area contributed by atoms with Crippen molar-refractivity contribution >= 4 is 11.6 Å². The van der Waals surface area contributed by atoms with E-state index in [0.717, 1.165) is 5.56 Å². The zero-order chi connectivity index (χ0) is 14.5. The first-order valence-corrected chi connectivity index (χ1v) is 6.45. The van der Waals surface area contributed by atoms with E-state index >= 15 is 0 Å². The van der Waals surface area contributed by atoms with Gasteiger partial charge in [-0.1, -0.05) is 30.3 Å². The Hall–Kier alpha value is -2.49. The molecule has 1 unspecified atom stereocenters. The maximum atomic E-state index is 11.8. The molecule has 1 amide bonds. The fraction of sp³-hybridized carbons (Fsp3) is 0.188. The van der Waals surface area contributed by atoms with Gasteiger partial charge in [0, 0.05) is 18.8 Å². The van der Waals surface area contributed by atoms with Crippen LogP contribution in [0.2, 0.25) is 0 Å². The summed E-state index contributed by atoms with van der Waals surface area (Å²) < 4.78 is 5.89. The van der Waals surface area contributed by atoms with Gasteiger partial charge in [-0.05, 0) is 24.6 Å². The number of nitrogens with one attached hydrogen (secondary N) is 1. The van der Waals surface area contributed by atoms with Crippen LogP contribution in [0.1, 0.15) is 28.9 Å². The molecule has 2 aromatic carbocycles. The molecule has 2 aromatic rings. The van der Waals surface area contributed by atoms with Crippen molar-refractivity contribution in [2.24, 2.45) is 0 Å². The van der Waals surface area contributed by atoms with Crippen LogP contribution in [0.5, 0.6) is 5.75 Å². The van der Waals surface area contributed by atoms with Gasteiger partial charge in [0.15, 0.2) is 0 Å². The predicted molar refractivity (Wildman–Crippen MR) is 79.7 cm³/mol. The largest absolute Gasteiger partial charge is 0.485 e. The zero-order valence-corrected chi connectivity index (χ0v) is 11.6. The van der Waals surface area contributed by atoms with Gasteiger partial charge < -0.3 is 15.8 Å². The Morgan fingerprint density at radius 3 is 2.55 bits per heavy atom. The molecule has 3 N–H and O–H groups in total. The van der Waals surface area contributed by atoms with Crippen molar-refractivity contribution in [3.63, 3.8) is 0 Å². The van der Waals surface area contributed by atoms with Crippen LogP contribution in [0.25, 0.3) is 0 Å². The summed E-state index contributed by atoms with van der Waals surface area (Å²) in [6, 6.07) is 14.8. The second-order valence-corrected chi connectivity index (χ2v) is 4.51. The summed E-state index contributed by atoms with van der Waals surface area (Å²) >= 11 is 0. The van der Waals surface area contributed by atoms with Gasteiger partial charge in [0.2, 0.25) is 0 Å². The normalized spacial score (nSPS) is 11.7. The molecule has 1 atom stereocenters. The van der Waals surface area contributed by atoms with Crippen molar-refractivity contribution in [1.29, 1.82) is 0 Å². The van der Waals surface area contributed by atoms with E-state index < -0.39 is 0 Å². The maximum Gasteiger partial charge on any atom is 0.254 e. The lowest BCUT2D eigenvalue weighted by atomic mass is 10.1. The number of anilines is 1. The van der Waals surface area contributed by atoms with Crippen molar-refractivity contribution < 1.29 is 9.53 Å². The Labute approximate surface area is 118 Å². The lowest BCUT2D eigenvalue weighted by Gasteiger charge is -2.17. The van der Waals surface area contributed by atoms with Crippen LogP contribution in [-0.4, -0.2) is 13.0 Å². The molecule has 0 heterocycles. The molecule has 0 aliphatic heterocycles. The second-order valence-electron chi connectivity index (χ2n) is 4.51. The van der Waals surface area contributed by atoms with E-state index in [1.807, 2.05) is 37.3 Å². The maximum absolute atomic E-state index is 11.8. The molecule has 0 spiro atoms. The van der Waals surface area contributed by atoms with Gasteiger partial charge in [0.05, 0.1) is 5.56 Å². The third-order valence-electron chi connectivity index (χ3n) is 3.05. The Morgan fingerprint density at radius 2 is 1.90 bits per heavy atom. The fourth-order valence-electron chi connectivity index (χ4n) is 1.94. The Morgan fingerprint density at radius 1 is 1.20 bits per heavy atom. The lowest BCUT2D eigenvalue weighted by molar-refractivity contribution is 0.0956. The Bertz CT molecular complexity index is 597. The average Bonchev–Trinajstić information content (AvgIpc) is 2.47. The molecular weight excluding hydrogens is 252 g/mol. The number of amides is 1. The van der Waals surface area contributed by atoms with E-state index in [2.05, 4.69) is 5.32 Å².